The van der Waals surface area contributed by atoms with Gasteiger partial charge in [-0.2, -0.15) is 0 Å². The third-order valence-corrected chi connectivity index (χ3v) is 2.72. The van der Waals surface area contributed by atoms with E-state index in [4.69, 9.17) is 5.11 Å². The Morgan fingerprint density at radius 2 is 2.05 bits per heavy atom. The van der Waals surface area contributed by atoms with Crippen molar-refractivity contribution in [2.24, 2.45) is 7.05 Å². The highest BCUT2D eigenvalue weighted by Crippen LogP contribution is 2.16. The summed E-state index contributed by atoms with van der Waals surface area (Å²) in [6.45, 7) is 0. The van der Waals surface area contributed by atoms with Gasteiger partial charge in [-0.25, -0.2) is 14.3 Å². The molecule has 2 aromatic rings. The highest BCUT2D eigenvalue weighted by Gasteiger charge is 2.21. The first-order valence-corrected chi connectivity index (χ1v) is 5.72. The maximum atomic E-state index is 12.0. The van der Waals surface area contributed by atoms with E-state index in [1.807, 2.05) is 0 Å². The number of pyridine rings is 1. The third-order valence-electron chi connectivity index (χ3n) is 2.72. The van der Waals surface area contributed by atoms with E-state index in [1.54, 1.807) is 0 Å². The highest BCUT2D eigenvalue weighted by atomic mass is 16.6. The molecule has 0 radical (unpaired) electrons. The fourth-order valence-electron chi connectivity index (χ4n) is 1.72. The molecule has 0 atom stereocenters. The molecule has 0 aromatic carbocycles. The van der Waals surface area contributed by atoms with Gasteiger partial charge in [0.1, 0.15) is 5.82 Å². The van der Waals surface area contributed by atoms with E-state index in [-0.39, 0.29) is 23.0 Å². The Balaban J connectivity index is 2.24. The van der Waals surface area contributed by atoms with Crippen molar-refractivity contribution in [1.29, 1.82) is 0 Å². The van der Waals surface area contributed by atoms with Crippen LogP contribution in [0.3, 0.4) is 0 Å². The van der Waals surface area contributed by atoms with Gasteiger partial charge in [0.05, 0.1) is 7.05 Å². The van der Waals surface area contributed by atoms with Gasteiger partial charge in [-0.3, -0.25) is 4.79 Å². The molecule has 2 aromatic heterocycles. The summed E-state index contributed by atoms with van der Waals surface area (Å²) in [6.07, 6.45) is 0. The lowest BCUT2D eigenvalue weighted by atomic mass is 10.3. The van der Waals surface area contributed by atoms with Crippen LogP contribution in [0, 0.1) is 10.1 Å². The number of aromatic nitrogens is 2. The Morgan fingerprint density at radius 1 is 1.33 bits per heavy atom. The lowest BCUT2D eigenvalue weighted by molar-refractivity contribution is -0.391. The van der Waals surface area contributed by atoms with Crippen molar-refractivity contribution in [3.8, 4) is 0 Å². The molecule has 2 N–H and O–H groups in total. The topological polar surface area (TPSA) is 127 Å². The minimum absolute atomic E-state index is 0.0451. The number of hydrogen-bond acceptors (Lipinski definition) is 5. The van der Waals surface area contributed by atoms with E-state index in [1.165, 1.54) is 37.4 Å². The maximum absolute atomic E-state index is 12.0. The molecular formula is C12H10N4O5. The number of carbonyl (C=O) groups is 2. The summed E-state index contributed by atoms with van der Waals surface area (Å²) in [5, 5.41) is 21.9. The van der Waals surface area contributed by atoms with Crippen LogP contribution in [-0.4, -0.2) is 31.5 Å². The van der Waals surface area contributed by atoms with E-state index in [9.17, 15) is 19.7 Å². The van der Waals surface area contributed by atoms with Gasteiger partial charge in [0.25, 0.3) is 5.91 Å². The van der Waals surface area contributed by atoms with Crippen LogP contribution >= 0.6 is 0 Å². The SMILES string of the molecule is Cn1c(C(=O)Nc2cccc(C(=O)O)n2)ccc1[N+](=O)[O-]. The first-order chi connectivity index (χ1) is 9.90. The van der Waals surface area contributed by atoms with Crippen molar-refractivity contribution < 1.29 is 19.6 Å². The summed E-state index contributed by atoms with van der Waals surface area (Å²) in [7, 11) is 1.38. The summed E-state index contributed by atoms with van der Waals surface area (Å²) >= 11 is 0. The standard InChI is InChI=1S/C12H10N4O5/c1-15-8(5-6-10(15)16(20)21)11(17)14-9-4-2-3-7(13-9)12(18)19/h2-6H,1H3,(H,18,19)(H,13,14,17). The Morgan fingerprint density at radius 3 is 2.62 bits per heavy atom. The molecule has 108 valence electrons. The molecule has 0 unspecified atom stereocenters. The van der Waals surface area contributed by atoms with E-state index >= 15 is 0 Å². The molecule has 0 saturated carbocycles. The molecule has 2 heterocycles. The number of carbonyl (C=O) groups excluding carboxylic acids is 1. The average molecular weight is 290 g/mol. The summed E-state index contributed by atoms with van der Waals surface area (Å²) < 4.78 is 1.12. The molecule has 0 bridgehead atoms. The predicted molar refractivity (Wildman–Crippen MR) is 71.2 cm³/mol. The smallest absolute Gasteiger partial charge is 0.354 e. The van der Waals surface area contributed by atoms with Gasteiger partial charge in [0, 0.05) is 6.07 Å². The molecule has 0 spiro atoms. The lowest BCUT2D eigenvalue weighted by Crippen LogP contribution is -2.17. The van der Waals surface area contributed by atoms with Crippen molar-refractivity contribution in [2.75, 3.05) is 5.32 Å². The van der Waals surface area contributed by atoms with Crippen LogP contribution < -0.4 is 5.32 Å². The van der Waals surface area contributed by atoms with Crippen LogP contribution in [0.25, 0.3) is 0 Å². The average Bonchev–Trinajstić information content (AvgIpc) is 2.81. The molecule has 2 rings (SSSR count). The van der Waals surface area contributed by atoms with Crippen LogP contribution in [0.4, 0.5) is 11.6 Å². The van der Waals surface area contributed by atoms with Crippen LogP contribution in [-0.2, 0) is 7.05 Å². The van der Waals surface area contributed by atoms with E-state index < -0.39 is 16.8 Å². The Hall–Kier alpha value is -3.23. The number of nitro groups is 1. The van der Waals surface area contributed by atoms with Gasteiger partial charge in [0.2, 0.25) is 0 Å². The second-order valence-corrected chi connectivity index (χ2v) is 4.06. The van der Waals surface area contributed by atoms with Crippen molar-refractivity contribution in [3.63, 3.8) is 0 Å². The van der Waals surface area contributed by atoms with Gasteiger partial charge >= 0.3 is 11.8 Å². The summed E-state index contributed by atoms with van der Waals surface area (Å²) in [5.74, 6) is -2.03. The van der Waals surface area contributed by atoms with E-state index in [0.717, 1.165) is 4.57 Å². The Kier molecular flexibility index (Phi) is 3.65. The maximum Gasteiger partial charge on any atom is 0.354 e. The molecule has 0 fully saturated rings. The lowest BCUT2D eigenvalue weighted by Gasteiger charge is -2.04. The van der Waals surface area contributed by atoms with E-state index in [0.29, 0.717) is 0 Å². The zero-order chi connectivity index (χ0) is 15.6. The number of carboxylic acids is 1. The second kappa shape index (κ2) is 5.41. The van der Waals surface area contributed by atoms with Gasteiger partial charge in [0.15, 0.2) is 11.4 Å². The number of rotatable bonds is 4. The fourth-order valence-corrected chi connectivity index (χ4v) is 1.72. The van der Waals surface area contributed by atoms with E-state index in [2.05, 4.69) is 10.3 Å². The van der Waals surface area contributed by atoms with Crippen LogP contribution in [0.15, 0.2) is 30.3 Å². The van der Waals surface area contributed by atoms with Gasteiger partial charge < -0.3 is 20.5 Å². The predicted octanol–water partition coefficient (Wildman–Crippen LogP) is 1.28. The number of anilines is 1. The van der Waals surface area contributed by atoms with Gasteiger partial charge in [-0.05, 0) is 23.1 Å². The molecule has 1 amide bonds. The molecule has 0 aliphatic rings. The minimum atomic E-state index is -1.22. The molecule has 0 aliphatic carbocycles. The zero-order valence-electron chi connectivity index (χ0n) is 10.8. The number of amides is 1. The Bertz CT molecular complexity index is 737. The largest absolute Gasteiger partial charge is 0.477 e. The number of nitrogens with one attached hydrogen (secondary N) is 1. The molecule has 21 heavy (non-hydrogen) atoms. The molecule has 0 saturated heterocycles. The molecule has 9 heteroatoms. The Labute approximate surface area is 118 Å². The summed E-state index contributed by atoms with van der Waals surface area (Å²) in [5.41, 5.74) is -0.158. The number of hydrogen-bond donors (Lipinski definition) is 2. The van der Waals surface area contributed by atoms with Gasteiger partial charge in [-0.15, -0.1) is 0 Å². The van der Waals surface area contributed by atoms with Crippen LogP contribution in [0.1, 0.15) is 21.0 Å². The number of carboxylic acid groups (broad SMARTS) is 1. The highest BCUT2D eigenvalue weighted by molar-refractivity contribution is 6.03. The van der Waals surface area contributed by atoms with Gasteiger partial charge in [-0.1, -0.05) is 6.07 Å². The second-order valence-electron chi connectivity index (χ2n) is 4.06. The van der Waals surface area contributed by atoms with Crippen molar-refractivity contribution in [1.82, 2.24) is 9.55 Å². The first-order valence-electron chi connectivity index (χ1n) is 5.72. The van der Waals surface area contributed by atoms with Crippen molar-refractivity contribution in [2.45, 2.75) is 0 Å². The fraction of sp³-hybridized carbons (Fsp3) is 0.0833. The zero-order valence-corrected chi connectivity index (χ0v) is 10.8. The minimum Gasteiger partial charge on any atom is -0.477 e. The molecule has 0 aliphatic heterocycles. The monoisotopic (exact) mass is 290 g/mol. The van der Waals surface area contributed by atoms with Crippen LogP contribution in [0.2, 0.25) is 0 Å². The molecule has 9 nitrogen and oxygen atoms in total. The first kappa shape index (κ1) is 14.2. The summed E-state index contributed by atoms with van der Waals surface area (Å²) in [6, 6.07) is 6.64. The van der Waals surface area contributed by atoms with Crippen molar-refractivity contribution >= 4 is 23.5 Å². The third kappa shape index (κ3) is 2.86. The number of nitrogens with zero attached hydrogens (tertiary/aromatic N) is 3. The molecular weight excluding hydrogens is 280 g/mol. The normalized spacial score (nSPS) is 10.1. The van der Waals surface area contributed by atoms with Crippen molar-refractivity contribution in [3.05, 3.63) is 51.8 Å². The number of aromatic carboxylic acids is 1. The summed E-state index contributed by atoms with van der Waals surface area (Å²) in [4.78, 5) is 36.6. The quantitative estimate of drug-likeness (QED) is 0.644. The van der Waals surface area contributed by atoms with Crippen LogP contribution in [0.5, 0.6) is 0 Å².